The number of ether oxygens (including phenoxy) is 1. The number of aryl methyl sites for hydroxylation is 1. The summed E-state index contributed by atoms with van der Waals surface area (Å²) in [5.74, 6) is 1.53. The van der Waals surface area contributed by atoms with Crippen LogP contribution < -0.4 is 10.1 Å². The molecule has 1 saturated carbocycles. The van der Waals surface area contributed by atoms with Crippen LogP contribution in [-0.2, 0) is 4.79 Å². The Kier molecular flexibility index (Phi) is 5.61. The van der Waals surface area contributed by atoms with Crippen molar-refractivity contribution >= 4 is 46.3 Å². The van der Waals surface area contributed by atoms with Crippen LogP contribution >= 0.6 is 34.7 Å². The van der Waals surface area contributed by atoms with Crippen LogP contribution in [0.3, 0.4) is 0 Å². The Balaban J connectivity index is 1.47. The Morgan fingerprint density at radius 2 is 2.25 bits per heavy atom. The van der Waals surface area contributed by atoms with E-state index in [4.69, 9.17) is 16.3 Å². The molecule has 28 heavy (non-hydrogen) atoms. The van der Waals surface area contributed by atoms with Gasteiger partial charge in [-0.1, -0.05) is 29.4 Å². The molecule has 3 aromatic rings. The summed E-state index contributed by atoms with van der Waals surface area (Å²) in [6.45, 7) is 1.89. The summed E-state index contributed by atoms with van der Waals surface area (Å²) < 4.78 is 7.48. The van der Waals surface area contributed by atoms with E-state index in [2.05, 4.69) is 20.1 Å². The lowest BCUT2D eigenvalue weighted by molar-refractivity contribution is -0.113. The van der Waals surface area contributed by atoms with Gasteiger partial charge in [0.1, 0.15) is 5.75 Å². The maximum Gasteiger partial charge on any atom is 0.234 e. The second-order valence-electron chi connectivity index (χ2n) is 6.52. The summed E-state index contributed by atoms with van der Waals surface area (Å²) in [5, 5.41) is 15.0. The fourth-order valence-electron chi connectivity index (χ4n) is 2.86. The summed E-state index contributed by atoms with van der Waals surface area (Å²) >= 11 is 9.17. The van der Waals surface area contributed by atoms with E-state index in [9.17, 15) is 4.79 Å². The standard InChI is InChI=1S/C19H19ClN4O2S2/c1-11-8-14(15(26-2)9-13(11)20)21-17(25)10-28-19-23-22-18(16-4-3-7-27-16)24(19)12-5-6-12/h3-4,7-9,12H,5-6,10H2,1-2H3,(H,21,25). The van der Waals surface area contributed by atoms with E-state index < -0.39 is 0 Å². The maximum atomic E-state index is 12.5. The number of halogens is 1. The minimum Gasteiger partial charge on any atom is -0.495 e. The molecule has 0 bridgehead atoms. The number of thioether (sulfide) groups is 1. The first-order valence-corrected chi connectivity index (χ1v) is 11.1. The number of thiophene rings is 1. The topological polar surface area (TPSA) is 69.0 Å². The Hall–Kier alpha value is -2.03. The third kappa shape index (κ3) is 4.04. The normalized spacial score (nSPS) is 13.5. The van der Waals surface area contributed by atoms with Gasteiger partial charge in [-0.05, 0) is 42.8 Å². The predicted molar refractivity (Wildman–Crippen MR) is 114 cm³/mol. The molecule has 1 amide bonds. The molecule has 4 rings (SSSR count). The molecule has 6 nitrogen and oxygen atoms in total. The molecule has 1 fully saturated rings. The Labute approximate surface area is 176 Å². The molecule has 1 aliphatic rings. The van der Waals surface area contributed by atoms with Crippen molar-refractivity contribution < 1.29 is 9.53 Å². The summed E-state index contributed by atoms with van der Waals surface area (Å²) in [6, 6.07) is 8.00. The van der Waals surface area contributed by atoms with Crippen LogP contribution in [0.4, 0.5) is 5.69 Å². The van der Waals surface area contributed by atoms with Crippen LogP contribution in [0.25, 0.3) is 10.7 Å². The highest BCUT2D eigenvalue weighted by atomic mass is 35.5. The summed E-state index contributed by atoms with van der Waals surface area (Å²) in [4.78, 5) is 13.6. The number of aromatic nitrogens is 3. The van der Waals surface area contributed by atoms with Crippen molar-refractivity contribution in [2.24, 2.45) is 0 Å². The highest BCUT2D eigenvalue weighted by Gasteiger charge is 2.30. The van der Waals surface area contributed by atoms with Gasteiger partial charge in [-0.2, -0.15) is 0 Å². The number of amides is 1. The van der Waals surface area contributed by atoms with Gasteiger partial charge in [-0.25, -0.2) is 0 Å². The minimum atomic E-state index is -0.131. The fourth-order valence-corrected chi connectivity index (χ4v) is 4.52. The number of methoxy groups -OCH3 is 1. The summed E-state index contributed by atoms with van der Waals surface area (Å²) in [7, 11) is 1.55. The molecule has 9 heteroatoms. The van der Waals surface area contributed by atoms with Crippen molar-refractivity contribution in [2.45, 2.75) is 31.0 Å². The predicted octanol–water partition coefficient (Wildman–Crippen LogP) is 5.04. The molecule has 1 N–H and O–H groups in total. The summed E-state index contributed by atoms with van der Waals surface area (Å²) in [6.07, 6.45) is 2.24. The van der Waals surface area contributed by atoms with Gasteiger partial charge in [-0.3, -0.25) is 9.36 Å². The van der Waals surface area contributed by atoms with E-state index in [0.717, 1.165) is 34.3 Å². The molecule has 146 valence electrons. The Bertz CT molecular complexity index is 1000. The molecule has 0 unspecified atom stereocenters. The third-order valence-corrected chi connectivity index (χ3v) is 6.62. The molecular formula is C19H19ClN4O2S2. The number of nitrogens with one attached hydrogen (secondary N) is 1. The van der Waals surface area contributed by atoms with Crippen LogP contribution in [0.5, 0.6) is 5.75 Å². The van der Waals surface area contributed by atoms with E-state index >= 15 is 0 Å². The van der Waals surface area contributed by atoms with Gasteiger partial charge in [-0.15, -0.1) is 21.5 Å². The molecule has 0 saturated heterocycles. The van der Waals surface area contributed by atoms with E-state index in [0.29, 0.717) is 22.5 Å². The molecule has 1 aromatic carbocycles. The molecule has 1 aliphatic carbocycles. The van der Waals surface area contributed by atoms with Gasteiger partial charge >= 0.3 is 0 Å². The number of hydrogen-bond acceptors (Lipinski definition) is 6. The number of carbonyl (C=O) groups is 1. The lowest BCUT2D eigenvalue weighted by Crippen LogP contribution is -2.15. The van der Waals surface area contributed by atoms with Crippen LogP contribution in [0.2, 0.25) is 5.02 Å². The maximum absolute atomic E-state index is 12.5. The lowest BCUT2D eigenvalue weighted by Gasteiger charge is -2.12. The number of benzene rings is 1. The average molecular weight is 435 g/mol. The number of carbonyl (C=O) groups excluding carboxylic acids is 1. The SMILES string of the molecule is COc1cc(Cl)c(C)cc1NC(=O)CSc1nnc(-c2cccs2)n1C1CC1. The largest absolute Gasteiger partial charge is 0.495 e. The van der Waals surface area contributed by atoms with Crippen molar-refractivity contribution in [3.63, 3.8) is 0 Å². The average Bonchev–Trinajstić information content (AvgIpc) is 3.20. The highest BCUT2D eigenvalue weighted by Crippen LogP contribution is 2.41. The van der Waals surface area contributed by atoms with Crippen LogP contribution in [-0.4, -0.2) is 33.5 Å². The Morgan fingerprint density at radius 1 is 1.43 bits per heavy atom. The fraction of sp³-hybridized carbons (Fsp3) is 0.316. The van der Waals surface area contributed by atoms with Crippen molar-refractivity contribution in [1.82, 2.24) is 14.8 Å². The first-order valence-electron chi connectivity index (χ1n) is 8.82. The zero-order chi connectivity index (χ0) is 19.7. The van der Waals surface area contributed by atoms with E-state index in [-0.39, 0.29) is 11.7 Å². The van der Waals surface area contributed by atoms with Gasteiger partial charge < -0.3 is 10.1 Å². The van der Waals surface area contributed by atoms with Crippen molar-refractivity contribution in [1.29, 1.82) is 0 Å². The van der Waals surface area contributed by atoms with Gasteiger partial charge in [0, 0.05) is 17.1 Å². The minimum absolute atomic E-state index is 0.131. The number of anilines is 1. The lowest BCUT2D eigenvalue weighted by atomic mass is 10.2. The summed E-state index contributed by atoms with van der Waals surface area (Å²) in [5.41, 5.74) is 1.48. The monoisotopic (exact) mass is 434 g/mol. The van der Waals surface area contributed by atoms with Gasteiger partial charge in [0.2, 0.25) is 5.91 Å². The van der Waals surface area contributed by atoms with Crippen LogP contribution in [0.1, 0.15) is 24.4 Å². The van der Waals surface area contributed by atoms with Gasteiger partial charge in [0.05, 0.1) is 23.4 Å². The number of nitrogens with zero attached hydrogens (tertiary/aromatic N) is 3. The number of hydrogen-bond donors (Lipinski definition) is 1. The molecule has 0 atom stereocenters. The van der Waals surface area contributed by atoms with E-state index in [1.807, 2.05) is 30.5 Å². The quantitative estimate of drug-likeness (QED) is 0.527. The van der Waals surface area contributed by atoms with Crippen molar-refractivity contribution in [3.8, 4) is 16.5 Å². The first-order chi connectivity index (χ1) is 13.6. The Morgan fingerprint density at radius 3 is 2.93 bits per heavy atom. The van der Waals surface area contributed by atoms with Gasteiger partial charge in [0.15, 0.2) is 11.0 Å². The van der Waals surface area contributed by atoms with Crippen molar-refractivity contribution in [2.75, 3.05) is 18.2 Å². The van der Waals surface area contributed by atoms with Crippen molar-refractivity contribution in [3.05, 3.63) is 40.2 Å². The van der Waals surface area contributed by atoms with Crippen LogP contribution in [0, 0.1) is 6.92 Å². The highest BCUT2D eigenvalue weighted by molar-refractivity contribution is 7.99. The molecule has 0 spiro atoms. The first kappa shape index (κ1) is 19.3. The molecule has 2 heterocycles. The molecular weight excluding hydrogens is 416 g/mol. The van der Waals surface area contributed by atoms with Gasteiger partial charge in [0.25, 0.3) is 0 Å². The molecule has 0 aliphatic heterocycles. The zero-order valence-electron chi connectivity index (χ0n) is 15.4. The second-order valence-corrected chi connectivity index (χ2v) is 8.82. The zero-order valence-corrected chi connectivity index (χ0v) is 17.8. The van der Waals surface area contributed by atoms with E-state index in [1.165, 1.54) is 11.8 Å². The smallest absolute Gasteiger partial charge is 0.234 e. The molecule has 0 radical (unpaired) electrons. The number of rotatable bonds is 7. The van der Waals surface area contributed by atoms with Crippen LogP contribution in [0.15, 0.2) is 34.8 Å². The second kappa shape index (κ2) is 8.14. The van der Waals surface area contributed by atoms with E-state index in [1.54, 1.807) is 24.5 Å². The third-order valence-electron chi connectivity index (χ3n) is 4.41. The molecule has 2 aromatic heterocycles.